The predicted octanol–water partition coefficient (Wildman–Crippen LogP) is -0.140. The molecule has 0 aliphatic rings. The van der Waals surface area contributed by atoms with Crippen molar-refractivity contribution in [1.82, 2.24) is 0 Å². The van der Waals surface area contributed by atoms with Crippen LogP contribution in [0.2, 0.25) is 0 Å². The van der Waals surface area contributed by atoms with Gasteiger partial charge in [0.15, 0.2) is 0 Å². The second-order valence-corrected chi connectivity index (χ2v) is 4.27. The monoisotopic (exact) mass is 222 g/mol. The lowest BCUT2D eigenvalue weighted by Crippen LogP contribution is -2.31. The summed E-state index contributed by atoms with van der Waals surface area (Å²) in [6.45, 7) is 4.01. The zero-order valence-electron chi connectivity index (χ0n) is 9.38. The molecule has 0 radical (unpaired) electrons. The summed E-state index contributed by atoms with van der Waals surface area (Å²) in [5.74, 6) is 0. The van der Waals surface area contributed by atoms with Crippen LogP contribution in [0.5, 0.6) is 0 Å². The van der Waals surface area contributed by atoms with Crippen LogP contribution in [0.3, 0.4) is 0 Å². The van der Waals surface area contributed by atoms with Crippen LogP contribution in [0, 0.1) is 0 Å². The summed E-state index contributed by atoms with van der Waals surface area (Å²) in [6.07, 6.45) is 0.520. The van der Waals surface area contributed by atoms with Gasteiger partial charge >= 0.3 is 7.12 Å². The molecule has 0 bridgehead atoms. The largest absolute Gasteiger partial charge is 0.488 e. The van der Waals surface area contributed by atoms with Crippen molar-refractivity contribution in [2.24, 2.45) is 0 Å². The van der Waals surface area contributed by atoms with Crippen molar-refractivity contribution in [2.75, 3.05) is 0 Å². The van der Waals surface area contributed by atoms with Gasteiger partial charge in [0.25, 0.3) is 6.47 Å². The summed E-state index contributed by atoms with van der Waals surface area (Å²) >= 11 is 0. The van der Waals surface area contributed by atoms with Crippen LogP contribution in [0.4, 0.5) is 0 Å². The smallest absolute Gasteiger partial charge is 0.462 e. The average molecular weight is 222 g/mol. The van der Waals surface area contributed by atoms with Gasteiger partial charge < -0.3 is 14.8 Å². The SMILES string of the molecule is CC(C)(Cc1cccc(B(O)O)c1)OC=O. The summed E-state index contributed by atoms with van der Waals surface area (Å²) in [5.41, 5.74) is 0.720. The van der Waals surface area contributed by atoms with Crippen molar-refractivity contribution in [3.63, 3.8) is 0 Å². The van der Waals surface area contributed by atoms with Crippen LogP contribution < -0.4 is 5.46 Å². The van der Waals surface area contributed by atoms with Gasteiger partial charge in [0.05, 0.1) is 0 Å². The standard InChI is InChI=1S/C11H15BO4/c1-11(2,16-8-13)7-9-4-3-5-10(6-9)12(14)15/h3-6,8,14-15H,7H2,1-2H3. The first-order valence-electron chi connectivity index (χ1n) is 5.01. The third kappa shape index (κ3) is 3.68. The topological polar surface area (TPSA) is 66.8 Å². The molecule has 0 fully saturated rings. The Balaban J connectivity index is 2.81. The molecule has 1 aromatic carbocycles. The van der Waals surface area contributed by atoms with Gasteiger partial charge in [-0.1, -0.05) is 24.3 Å². The average Bonchev–Trinajstić information content (AvgIpc) is 2.17. The van der Waals surface area contributed by atoms with E-state index < -0.39 is 12.7 Å². The Morgan fingerprint density at radius 3 is 2.69 bits per heavy atom. The van der Waals surface area contributed by atoms with E-state index in [0.29, 0.717) is 18.4 Å². The minimum atomic E-state index is -1.48. The molecule has 0 saturated heterocycles. The van der Waals surface area contributed by atoms with Crippen molar-refractivity contribution in [1.29, 1.82) is 0 Å². The summed E-state index contributed by atoms with van der Waals surface area (Å²) < 4.78 is 4.93. The van der Waals surface area contributed by atoms with Gasteiger partial charge in [0.1, 0.15) is 5.60 Å². The fraction of sp³-hybridized carbons (Fsp3) is 0.364. The molecule has 0 unspecified atom stereocenters. The molecule has 1 rings (SSSR count). The quantitative estimate of drug-likeness (QED) is 0.537. The van der Waals surface area contributed by atoms with Crippen LogP contribution in [-0.2, 0) is 16.0 Å². The number of ether oxygens (including phenoxy) is 1. The van der Waals surface area contributed by atoms with E-state index >= 15 is 0 Å². The van der Waals surface area contributed by atoms with Crippen molar-refractivity contribution in [3.05, 3.63) is 29.8 Å². The highest BCUT2D eigenvalue weighted by molar-refractivity contribution is 6.58. The molecule has 5 heteroatoms. The maximum absolute atomic E-state index is 10.3. The highest BCUT2D eigenvalue weighted by atomic mass is 16.5. The van der Waals surface area contributed by atoms with Gasteiger partial charge in [-0.2, -0.15) is 0 Å². The van der Waals surface area contributed by atoms with Crippen molar-refractivity contribution < 1.29 is 19.6 Å². The van der Waals surface area contributed by atoms with E-state index in [9.17, 15) is 4.79 Å². The lowest BCUT2D eigenvalue weighted by atomic mass is 9.79. The van der Waals surface area contributed by atoms with E-state index in [1.54, 1.807) is 32.0 Å². The van der Waals surface area contributed by atoms with Crippen molar-refractivity contribution in [2.45, 2.75) is 25.9 Å². The van der Waals surface area contributed by atoms with Gasteiger partial charge in [0.2, 0.25) is 0 Å². The number of hydrogen-bond acceptors (Lipinski definition) is 4. The number of hydrogen-bond donors (Lipinski definition) is 2. The maximum Gasteiger partial charge on any atom is 0.488 e. The maximum atomic E-state index is 10.3. The number of carbonyl (C=O) groups excluding carboxylic acids is 1. The Morgan fingerprint density at radius 2 is 2.12 bits per heavy atom. The highest BCUT2D eigenvalue weighted by Crippen LogP contribution is 2.15. The van der Waals surface area contributed by atoms with Gasteiger partial charge in [-0.25, -0.2) is 0 Å². The highest BCUT2D eigenvalue weighted by Gasteiger charge is 2.20. The third-order valence-corrected chi connectivity index (χ3v) is 2.25. The second kappa shape index (κ2) is 5.14. The van der Waals surface area contributed by atoms with Crippen LogP contribution in [-0.4, -0.2) is 29.2 Å². The molecule has 0 saturated carbocycles. The molecule has 0 heterocycles. The molecule has 0 atom stereocenters. The minimum Gasteiger partial charge on any atom is -0.462 e. The van der Waals surface area contributed by atoms with E-state index in [0.717, 1.165) is 5.56 Å². The molecule has 86 valence electrons. The molecule has 0 amide bonds. The fourth-order valence-corrected chi connectivity index (χ4v) is 1.53. The number of carbonyl (C=O) groups is 1. The molecule has 0 spiro atoms. The summed E-state index contributed by atoms with van der Waals surface area (Å²) in [6, 6.07) is 6.89. The molecule has 0 aliphatic heterocycles. The van der Waals surface area contributed by atoms with E-state index in [4.69, 9.17) is 14.8 Å². The number of benzene rings is 1. The van der Waals surface area contributed by atoms with Crippen LogP contribution in [0.1, 0.15) is 19.4 Å². The van der Waals surface area contributed by atoms with Crippen molar-refractivity contribution >= 4 is 19.1 Å². The van der Waals surface area contributed by atoms with Crippen LogP contribution in [0.15, 0.2) is 24.3 Å². The third-order valence-electron chi connectivity index (χ3n) is 2.25. The van der Waals surface area contributed by atoms with Gasteiger partial charge in [-0.05, 0) is 24.9 Å². The van der Waals surface area contributed by atoms with Crippen LogP contribution in [0.25, 0.3) is 0 Å². The Hall–Kier alpha value is -1.33. The molecular formula is C11H15BO4. The molecule has 2 N–H and O–H groups in total. The predicted molar refractivity (Wildman–Crippen MR) is 61.2 cm³/mol. The zero-order valence-corrected chi connectivity index (χ0v) is 9.38. The Morgan fingerprint density at radius 1 is 1.44 bits per heavy atom. The Labute approximate surface area is 95.0 Å². The van der Waals surface area contributed by atoms with Crippen LogP contribution >= 0.6 is 0 Å². The van der Waals surface area contributed by atoms with Gasteiger partial charge in [-0.15, -0.1) is 0 Å². The Bertz CT molecular complexity index is 363. The Kier molecular flexibility index (Phi) is 4.09. The van der Waals surface area contributed by atoms with E-state index in [2.05, 4.69) is 0 Å². The first-order chi connectivity index (χ1) is 7.44. The molecule has 4 nitrogen and oxygen atoms in total. The molecule has 0 aromatic heterocycles. The lowest BCUT2D eigenvalue weighted by Gasteiger charge is -2.22. The summed E-state index contributed by atoms with van der Waals surface area (Å²) in [7, 11) is -1.48. The van der Waals surface area contributed by atoms with Crippen molar-refractivity contribution in [3.8, 4) is 0 Å². The van der Waals surface area contributed by atoms with E-state index in [1.807, 2.05) is 6.07 Å². The first-order valence-corrected chi connectivity index (χ1v) is 5.01. The first kappa shape index (κ1) is 12.7. The molecule has 1 aromatic rings. The zero-order chi connectivity index (χ0) is 12.2. The molecule has 16 heavy (non-hydrogen) atoms. The summed E-state index contributed by atoms with van der Waals surface area (Å²) in [5, 5.41) is 18.0. The molecular weight excluding hydrogens is 207 g/mol. The summed E-state index contributed by atoms with van der Waals surface area (Å²) in [4.78, 5) is 10.3. The molecule has 0 aliphatic carbocycles. The second-order valence-electron chi connectivity index (χ2n) is 4.27. The number of rotatable bonds is 5. The van der Waals surface area contributed by atoms with Gasteiger partial charge in [-0.3, -0.25) is 4.79 Å². The van der Waals surface area contributed by atoms with Gasteiger partial charge in [0, 0.05) is 6.42 Å². The minimum absolute atomic E-state index is 0.421. The lowest BCUT2D eigenvalue weighted by molar-refractivity contribution is -0.140. The van der Waals surface area contributed by atoms with E-state index in [-0.39, 0.29) is 0 Å². The van der Waals surface area contributed by atoms with E-state index in [1.165, 1.54) is 0 Å². The normalized spacial score (nSPS) is 11.0. The fourth-order valence-electron chi connectivity index (χ4n) is 1.53.